The zero-order valence-electron chi connectivity index (χ0n) is 11.8. The van der Waals surface area contributed by atoms with Crippen molar-refractivity contribution >= 4 is 11.9 Å². The van der Waals surface area contributed by atoms with E-state index < -0.39 is 0 Å². The minimum absolute atomic E-state index is 0.0159. The van der Waals surface area contributed by atoms with Crippen LogP contribution < -0.4 is 15.4 Å². The van der Waals surface area contributed by atoms with Crippen molar-refractivity contribution in [2.45, 2.75) is 19.9 Å². The fourth-order valence-corrected chi connectivity index (χ4v) is 1.63. The second-order valence-corrected chi connectivity index (χ2v) is 4.07. The van der Waals surface area contributed by atoms with Gasteiger partial charge in [0.25, 0.3) is 0 Å². The molecule has 0 saturated carbocycles. The van der Waals surface area contributed by atoms with Crippen LogP contribution in [0.25, 0.3) is 0 Å². The minimum Gasteiger partial charge on any atom is -0.464 e. The maximum atomic E-state index is 5.32. The highest BCUT2D eigenvalue weighted by Gasteiger charge is 2.11. The Balaban J connectivity index is 2.17. The molecule has 2 aromatic heterocycles. The van der Waals surface area contributed by atoms with Crippen LogP contribution >= 0.6 is 0 Å². The summed E-state index contributed by atoms with van der Waals surface area (Å²) >= 11 is 0. The molecular formula is C13H18N6O. The van der Waals surface area contributed by atoms with Gasteiger partial charge >= 0.3 is 6.01 Å². The summed E-state index contributed by atoms with van der Waals surface area (Å²) in [6.45, 7) is 4.38. The Morgan fingerprint density at radius 3 is 2.65 bits per heavy atom. The van der Waals surface area contributed by atoms with Crippen LogP contribution in [0.15, 0.2) is 24.4 Å². The lowest BCUT2D eigenvalue weighted by molar-refractivity contribution is 0.312. The SMILES string of the molecule is CCOc1nc(NC)nc(NC(C)c2ccccn2)n1. The number of rotatable bonds is 6. The van der Waals surface area contributed by atoms with Crippen LogP contribution in [0.5, 0.6) is 6.01 Å². The monoisotopic (exact) mass is 274 g/mol. The van der Waals surface area contributed by atoms with E-state index in [0.29, 0.717) is 24.5 Å². The molecule has 20 heavy (non-hydrogen) atoms. The largest absolute Gasteiger partial charge is 0.464 e. The first kappa shape index (κ1) is 14.0. The molecule has 2 aromatic rings. The smallest absolute Gasteiger partial charge is 0.323 e. The molecule has 0 aliphatic carbocycles. The predicted molar refractivity (Wildman–Crippen MR) is 76.8 cm³/mol. The summed E-state index contributed by atoms with van der Waals surface area (Å²) < 4.78 is 5.32. The molecule has 0 aliphatic rings. The Morgan fingerprint density at radius 2 is 2.00 bits per heavy atom. The molecule has 2 heterocycles. The Hall–Kier alpha value is -2.44. The molecule has 0 bridgehead atoms. The minimum atomic E-state index is -0.0159. The van der Waals surface area contributed by atoms with Gasteiger partial charge in [-0.15, -0.1) is 0 Å². The number of hydrogen-bond donors (Lipinski definition) is 2. The molecule has 0 aromatic carbocycles. The van der Waals surface area contributed by atoms with E-state index in [2.05, 4.69) is 30.6 Å². The van der Waals surface area contributed by atoms with Crippen LogP contribution in [0.3, 0.4) is 0 Å². The zero-order chi connectivity index (χ0) is 14.4. The standard InChI is InChI=1S/C13H18N6O/c1-4-20-13-18-11(14-3)17-12(19-13)16-9(2)10-7-5-6-8-15-10/h5-9H,4H2,1-3H3,(H2,14,16,17,18,19). The second kappa shape index (κ2) is 6.65. The van der Waals surface area contributed by atoms with E-state index in [1.807, 2.05) is 32.0 Å². The molecule has 0 saturated heterocycles. The van der Waals surface area contributed by atoms with Crippen molar-refractivity contribution in [2.24, 2.45) is 0 Å². The van der Waals surface area contributed by atoms with Gasteiger partial charge in [0.2, 0.25) is 11.9 Å². The first-order valence-corrected chi connectivity index (χ1v) is 6.47. The van der Waals surface area contributed by atoms with Crippen molar-refractivity contribution in [3.8, 4) is 6.01 Å². The average molecular weight is 274 g/mol. The van der Waals surface area contributed by atoms with Crippen LogP contribution in [0, 0.1) is 0 Å². The molecule has 7 heteroatoms. The third kappa shape index (κ3) is 3.53. The second-order valence-electron chi connectivity index (χ2n) is 4.07. The van der Waals surface area contributed by atoms with E-state index >= 15 is 0 Å². The highest BCUT2D eigenvalue weighted by molar-refractivity contribution is 5.37. The summed E-state index contributed by atoms with van der Waals surface area (Å²) in [6.07, 6.45) is 1.76. The molecular weight excluding hydrogens is 256 g/mol. The lowest BCUT2D eigenvalue weighted by atomic mass is 10.2. The Morgan fingerprint density at radius 1 is 1.20 bits per heavy atom. The normalized spacial score (nSPS) is 11.8. The Bertz CT molecular complexity index is 548. The quantitative estimate of drug-likeness (QED) is 0.831. The maximum Gasteiger partial charge on any atom is 0.323 e. The highest BCUT2D eigenvalue weighted by Crippen LogP contribution is 2.17. The van der Waals surface area contributed by atoms with Crippen LogP contribution in [-0.4, -0.2) is 33.6 Å². The number of hydrogen-bond acceptors (Lipinski definition) is 7. The molecule has 1 atom stereocenters. The molecule has 2 rings (SSSR count). The van der Waals surface area contributed by atoms with E-state index in [4.69, 9.17) is 4.74 Å². The van der Waals surface area contributed by atoms with Gasteiger partial charge in [0.1, 0.15) is 0 Å². The molecule has 7 nitrogen and oxygen atoms in total. The van der Waals surface area contributed by atoms with E-state index in [-0.39, 0.29) is 6.04 Å². The number of anilines is 2. The van der Waals surface area contributed by atoms with Crippen molar-refractivity contribution in [3.63, 3.8) is 0 Å². The zero-order valence-corrected chi connectivity index (χ0v) is 11.8. The van der Waals surface area contributed by atoms with Gasteiger partial charge in [-0.05, 0) is 26.0 Å². The fourth-order valence-electron chi connectivity index (χ4n) is 1.63. The summed E-state index contributed by atoms with van der Waals surface area (Å²) in [5.74, 6) is 0.908. The van der Waals surface area contributed by atoms with Gasteiger partial charge in [-0.3, -0.25) is 4.98 Å². The van der Waals surface area contributed by atoms with E-state index in [0.717, 1.165) is 5.69 Å². The van der Waals surface area contributed by atoms with Crippen LogP contribution in [0.4, 0.5) is 11.9 Å². The molecule has 106 valence electrons. The molecule has 0 spiro atoms. The van der Waals surface area contributed by atoms with Crippen molar-refractivity contribution < 1.29 is 4.74 Å². The third-order valence-electron chi connectivity index (χ3n) is 2.59. The average Bonchev–Trinajstić information content (AvgIpc) is 2.48. The van der Waals surface area contributed by atoms with E-state index in [1.165, 1.54) is 0 Å². The van der Waals surface area contributed by atoms with E-state index in [1.54, 1.807) is 13.2 Å². The lowest BCUT2D eigenvalue weighted by Crippen LogP contribution is -2.13. The van der Waals surface area contributed by atoms with Crippen molar-refractivity contribution in [2.75, 3.05) is 24.3 Å². The van der Waals surface area contributed by atoms with Gasteiger partial charge in [0.15, 0.2) is 0 Å². The molecule has 1 unspecified atom stereocenters. The van der Waals surface area contributed by atoms with Crippen molar-refractivity contribution in [1.82, 2.24) is 19.9 Å². The molecule has 2 N–H and O–H groups in total. The van der Waals surface area contributed by atoms with Gasteiger partial charge in [-0.2, -0.15) is 15.0 Å². The third-order valence-corrected chi connectivity index (χ3v) is 2.59. The number of nitrogens with one attached hydrogen (secondary N) is 2. The first-order valence-electron chi connectivity index (χ1n) is 6.47. The molecule has 0 amide bonds. The lowest BCUT2D eigenvalue weighted by Gasteiger charge is -2.14. The van der Waals surface area contributed by atoms with Gasteiger partial charge in [-0.25, -0.2) is 0 Å². The summed E-state index contributed by atoms with van der Waals surface area (Å²) in [6, 6.07) is 6.05. The first-order chi connectivity index (χ1) is 9.72. The maximum absolute atomic E-state index is 5.32. The van der Waals surface area contributed by atoms with Gasteiger partial charge in [0.05, 0.1) is 18.3 Å². The Labute approximate surface area is 117 Å². The highest BCUT2D eigenvalue weighted by atomic mass is 16.5. The molecule has 0 radical (unpaired) electrons. The Kier molecular flexibility index (Phi) is 4.65. The van der Waals surface area contributed by atoms with Crippen LogP contribution in [-0.2, 0) is 0 Å². The number of ether oxygens (including phenoxy) is 1. The van der Waals surface area contributed by atoms with Crippen LogP contribution in [0.1, 0.15) is 25.6 Å². The number of nitrogens with zero attached hydrogens (tertiary/aromatic N) is 4. The van der Waals surface area contributed by atoms with Crippen LogP contribution in [0.2, 0.25) is 0 Å². The summed E-state index contributed by atoms with van der Waals surface area (Å²) in [4.78, 5) is 16.9. The van der Waals surface area contributed by atoms with Gasteiger partial charge in [0, 0.05) is 13.2 Å². The topological polar surface area (TPSA) is 84.9 Å². The van der Waals surface area contributed by atoms with Gasteiger partial charge in [-0.1, -0.05) is 6.07 Å². The summed E-state index contributed by atoms with van der Waals surface area (Å²) in [5, 5.41) is 6.07. The summed E-state index contributed by atoms with van der Waals surface area (Å²) in [7, 11) is 1.75. The van der Waals surface area contributed by atoms with E-state index in [9.17, 15) is 0 Å². The van der Waals surface area contributed by atoms with Gasteiger partial charge < -0.3 is 15.4 Å². The number of aromatic nitrogens is 4. The number of pyridine rings is 1. The molecule has 0 fully saturated rings. The summed E-state index contributed by atoms with van der Waals surface area (Å²) in [5.41, 5.74) is 0.914. The van der Waals surface area contributed by atoms with Crippen molar-refractivity contribution in [3.05, 3.63) is 30.1 Å². The fraction of sp³-hybridized carbons (Fsp3) is 0.385. The molecule has 0 aliphatic heterocycles. The van der Waals surface area contributed by atoms with Crippen molar-refractivity contribution in [1.29, 1.82) is 0 Å². The predicted octanol–water partition coefficient (Wildman–Crippen LogP) is 1.88.